The summed E-state index contributed by atoms with van der Waals surface area (Å²) in [6, 6.07) is 32.2. The summed E-state index contributed by atoms with van der Waals surface area (Å²) in [5, 5.41) is 2.10. The van der Waals surface area contributed by atoms with E-state index in [0.717, 1.165) is 58.7 Å². The van der Waals surface area contributed by atoms with Crippen LogP contribution in [0.3, 0.4) is 0 Å². The van der Waals surface area contributed by atoms with E-state index >= 15 is 0 Å². The van der Waals surface area contributed by atoms with Crippen LogP contribution in [0, 0.1) is 11.8 Å². The van der Waals surface area contributed by atoms with Crippen molar-refractivity contribution in [3.63, 3.8) is 0 Å². The molecule has 3 aliphatic carbocycles. The number of aromatic nitrogens is 2. The highest BCUT2D eigenvalue weighted by Gasteiger charge is 2.33. The van der Waals surface area contributed by atoms with Gasteiger partial charge >= 0.3 is 23.9 Å². The van der Waals surface area contributed by atoms with Crippen molar-refractivity contribution < 1.29 is 38.1 Å². The lowest BCUT2D eigenvalue weighted by Gasteiger charge is -2.27. The van der Waals surface area contributed by atoms with Crippen molar-refractivity contribution in [2.75, 3.05) is 0 Å². The van der Waals surface area contributed by atoms with E-state index in [2.05, 4.69) is 74.5 Å². The second kappa shape index (κ2) is 20.4. The lowest BCUT2D eigenvalue weighted by Crippen LogP contribution is -2.30. The Morgan fingerprint density at radius 1 is 0.485 bits per heavy atom. The number of aryl methyl sites for hydroxylation is 4. The van der Waals surface area contributed by atoms with Gasteiger partial charge in [-0.3, -0.25) is 19.2 Å². The van der Waals surface area contributed by atoms with Gasteiger partial charge in [0, 0.05) is 29.4 Å². The first-order valence-corrected chi connectivity index (χ1v) is 24.1. The fraction of sp³-hybridized carbons (Fsp3) is 0.393. The molecule has 66 heavy (non-hydrogen) atoms. The molecule has 10 nitrogen and oxygen atoms in total. The largest absolute Gasteiger partial charge is 0.462 e. The first-order chi connectivity index (χ1) is 32.2. The van der Waals surface area contributed by atoms with Gasteiger partial charge in [0.05, 0.1) is 23.2 Å². The van der Waals surface area contributed by atoms with Crippen molar-refractivity contribution in [1.29, 1.82) is 0 Å². The van der Waals surface area contributed by atoms with E-state index in [9.17, 15) is 19.2 Å². The number of rotatable bonds is 16. The van der Waals surface area contributed by atoms with Crippen molar-refractivity contribution in [3.05, 3.63) is 119 Å². The summed E-state index contributed by atoms with van der Waals surface area (Å²) >= 11 is 0. The summed E-state index contributed by atoms with van der Waals surface area (Å²) < 4.78 is 24.0. The molecule has 1 heterocycles. The zero-order chi connectivity index (χ0) is 45.6. The summed E-state index contributed by atoms with van der Waals surface area (Å²) in [4.78, 5) is 63.5. The molecule has 0 amide bonds. The second-order valence-corrected chi connectivity index (χ2v) is 18.3. The minimum atomic E-state index is -0.386. The SMILES string of the molecule is CCCc1ccc(CCC(=O)O[C@H]2CC[C@H](C(=O)Oc3ccc(OC(=O)[C@H]4CC[C@H](OC(=O)CCc5ccc(CCC)cc5)CC4)c4nc5c(nc34)-c3cccc4cccc-5c34)CC2)cc1. The Hall–Kier alpha value is -6.42. The highest BCUT2D eigenvalue weighted by Crippen LogP contribution is 2.47. The maximum Gasteiger partial charge on any atom is 0.314 e. The molecule has 2 fully saturated rings. The Kier molecular flexibility index (Phi) is 13.8. The van der Waals surface area contributed by atoms with E-state index in [1.807, 2.05) is 24.3 Å². The predicted octanol–water partition coefficient (Wildman–Crippen LogP) is 11.6. The summed E-state index contributed by atoms with van der Waals surface area (Å²) in [6.45, 7) is 4.32. The van der Waals surface area contributed by atoms with Gasteiger partial charge in [-0.25, -0.2) is 9.97 Å². The lowest BCUT2D eigenvalue weighted by atomic mass is 9.87. The summed E-state index contributed by atoms with van der Waals surface area (Å²) in [5.74, 6) is -1.51. The fourth-order valence-corrected chi connectivity index (χ4v) is 9.89. The minimum Gasteiger partial charge on any atom is -0.462 e. The number of benzene rings is 5. The number of fused-ring (bicyclic) bond motifs is 4. The highest BCUT2D eigenvalue weighted by atomic mass is 16.6. The summed E-state index contributed by atoms with van der Waals surface area (Å²) in [7, 11) is 0. The van der Waals surface area contributed by atoms with Crippen LogP contribution >= 0.6 is 0 Å². The van der Waals surface area contributed by atoms with E-state index in [4.69, 9.17) is 28.9 Å². The molecule has 0 spiro atoms. The van der Waals surface area contributed by atoms with Crippen LogP contribution in [0.25, 0.3) is 44.3 Å². The molecule has 5 aromatic carbocycles. The summed E-state index contributed by atoms with van der Waals surface area (Å²) in [5.41, 5.74) is 8.69. The van der Waals surface area contributed by atoms with Crippen molar-refractivity contribution >= 4 is 45.7 Å². The Balaban J connectivity index is 0.840. The van der Waals surface area contributed by atoms with Crippen LogP contribution in [0.15, 0.2) is 97.1 Å². The first kappa shape index (κ1) is 44.8. The number of carbonyl (C=O) groups is 4. The molecule has 0 saturated heterocycles. The number of hydrogen-bond acceptors (Lipinski definition) is 10. The molecule has 9 rings (SSSR count). The van der Waals surface area contributed by atoms with Crippen molar-refractivity contribution in [3.8, 4) is 34.0 Å². The molecule has 1 aromatic heterocycles. The monoisotopic (exact) mass is 886 g/mol. The molecule has 3 aliphatic rings. The molecule has 0 radical (unpaired) electrons. The number of esters is 4. The normalized spacial score (nSPS) is 18.7. The number of carbonyl (C=O) groups excluding carboxylic acids is 4. The maximum absolute atomic E-state index is 13.8. The third kappa shape index (κ3) is 10.2. The lowest BCUT2D eigenvalue weighted by molar-refractivity contribution is -0.153. The van der Waals surface area contributed by atoms with E-state index in [-0.39, 0.29) is 59.4 Å². The first-order valence-electron chi connectivity index (χ1n) is 24.1. The smallest absolute Gasteiger partial charge is 0.314 e. The third-order valence-corrected chi connectivity index (χ3v) is 13.6. The predicted molar refractivity (Wildman–Crippen MR) is 254 cm³/mol. The number of nitrogens with zero attached hydrogens (tertiary/aromatic N) is 2. The average molecular weight is 887 g/mol. The van der Waals surface area contributed by atoms with Crippen LogP contribution in [-0.2, 0) is 54.3 Å². The van der Waals surface area contributed by atoms with Crippen LogP contribution in [0.1, 0.15) is 113 Å². The minimum absolute atomic E-state index is 0.223. The Morgan fingerprint density at radius 2 is 0.864 bits per heavy atom. The zero-order valence-electron chi connectivity index (χ0n) is 38.0. The standard InChI is InChI=1S/C56H58N2O8/c1-3-7-35-13-17-37(18-14-35)21-33-48(59)63-42-27-23-40(24-28-42)55(61)65-46-31-32-47(54-53(46)57-51-44-11-5-9-39-10-6-12-45(50(39)44)52(51)58-54)66-56(62)41-25-29-43(30-26-41)64-49(60)34-22-38-19-15-36(8-4-2)16-20-38/h5-6,9-20,31-32,40-43H,3-4,7-8,21-30,33-34H2,1-2H3/t40-,41-,42-,43-. The molecule has 0 atom stereocenters. The molecule has 0 bridgehead atoms. The maximum atomic E-state index is 13.8. The second-order valence-electron chi connectivity index (χ2n) is 18.3. The van der Waals surface area contributed by atoms with Gasteiger partial charge in [-0.2, -0.15) is 0 Å². The molecule has 340 valence electrons. The van der Waals surface area contributed by atoms with Crippen LogP contribution in [0.2, 0.25) is 0 Å². The van der Waals surface area contributed by atoms with Crippen molar-refractivity contribution in [1.82, 2.24) is 9.97 Å². The number of ether oxygens (including phenoxy) is 4. The van der Waals surface area contributed by atoms with Crippen molar-refractivity contribution in [2.45, 2.75) is 129 Å². The van der Waals surface area contributed by atoms with Crippen LogP contribution in [-0.4, -0.2) is 46.1 Å². The van der Waals surface area contributed by atoms with E-state index in [1.54, 1.807) is 12.1 Å². The molecule has 2 saturated carbocycles. The Bertz CT molecular complexity index is 2550. The molecule has 0 N–H and O–H groups in total. The van der Waals surface area contributed by atoms with Gasteiger partial charge in [-0.05, 0) is 117 Å². The van der Waals surface area contributed by atoms with Crippen LogP contribution < -0.4 is 9.47 Å². The molecule has 0 unspecified atom stereocenters. The third-order valence-electron chi connectivity index (χ3n) is 13.6. The van der Waals surface area contributed by atoms with E-state index in [1.165, 1.54) is 11.1 Å². The van der Waals surface area contributed by atoms with Crippen LogP contribution in [0.5, 0.6) is 11.5 Å². The molecular formula is C56H58N2O8. The molecule has 0 aliphatic heterocycles. The quantitative estimate of drug-likeness (QED) is 0.0682. The van der Waals surface area contributed by atoms with Crippen LogP contribution in [0.4, 0.5) is 0 Å². The van der Waals surface area contributed by atoms with Gasteiger partial charge < -0.3 is 18.9 Å². The highest BCUT2D eigenvalue weighted by molar-refractivity contribution is 6.14. The van der Waals surface area contributed by atoms with Gasteiger partial charge in [0.15, 0.2) is 11.5 Å². The number of hydrogen-bond donors (Lipinski definition) is 0. The zero-order valence-corrected chi connectivity index (χ0v) is 38.0. The Morgan fingerprint density at radius 3 is 1.24 bits per heavy atom. The fourth-order valence-electron chi connectivity index (χ4n) is 9.89. The average Bonchev–Trinajstić information content (AvgIpc) is 3.65. The molecular weight excluding hydrogens is 829 g/mol. The molecule has 6 aromatic rings. The topological polar surface area (TPSA) is 131 Å². The van der Waals surface area contributed by atoms with Gasteiger partial charge in [0.2, 0.25) is 0 Å². The van der Waals surface area contributed by atoms with Gasteiger partial charge in [0.1, 0.15) is 23.2 Å². The summed E-state index contributed by atoms with van der Waals surface area (Å²) in [6.07, 6.45) is 10.1. The van der Waals surface area contributed by atoms with Gasteiger partial charge in [0.25, 0.3) is 0 Å². The van der Waals surface area contributed by atoms with Gasteiger partial charge in [-0.1, -0.05) is 112 Å². The molecule has 10 heteroatoms. The van der Waals surface area contributed by atoms with E-state index in [0.29, 0.717) is 99.5 Å². The Labute approximate surface area is 386 Å². The van der Waals surface area contributed by atoms with E-state index < -0.39 is 0 Å². The van der Waals surface area contributed by atoms with Crippen molar-refractivity contribution in [2.24, 2.45) is 11.8 Å². The van der Waals surface area contributed by atoms with Gasteiger partial charge in [-0.15, -0.1) is 0 Å².